The predicted molar refractivity (Wildman–Crippen MR) is 100 cm³/mol. The molecule has 3 rings (SSSR count). The Bertz CT molecular complexity index is 779. The molecule has 148 valence electrons. The van der Waals surface area contributed by atoms with E-state index in [1.165, 1.54) is 12.1 Å². The molecule has 1 aliphatic heterocycles. The van der Waals surface area contributed by atoms with E-state index >= 15 is 0 Å². The van der Waals surface area contributed by atoms with Gasteiger partial charge in [0.25, 0.3) is 0 Å². The van der Waals surface area contributed by atoms with Gasteiger partial charge in [-0.25, -0.2) is 8.42 Å². The number of hydrogen-bond acceptors (Lipinski definition) is 5. The lowest BCUT2D eigenvalue weighted by Gasteiger charge is -2.35. The van der Waals surface area contributed by atoms with Crippen LogP contribution < -0.4 is 4.74 Å². The van der Waals surface area contributed by atoms with Crippen LogP contribution in [0.4, 0.5) is 0 Å². The molecule has 0 spiro atoms. The predicted octanol–water partition coefficient (Wildman–Crippen LogP) is 1.33. The molecule has 0 aromatic heterocycles. The van der Waals surface area contributed by atoms with E-state index in [-0.39, 0.29) is 22.6 Å². The van der Waals surface area contributed by atoms with E-state index < -0.39 is 9.84 Å². The maximum atomic E-state index is 12.3. The van der Waals surface area contributed by atoms with Crippen LogP contribution in [0.1, 0.15) is 25.7 Å². The van der Waals surface area contributed by atoms with Crippen LogP contribution in [-0.4, -0.2) is 69.1 Å². The summed E-state index contributed by atoms with van der Waals surface area (Å²) in [7, 11) is -3.21. The molecule has 0 bridgehead atoms. The number of carbonyl (C=O) groups is 2. The molecule has 2 fully saturated rings. The third-order valence-corrected chi connectivity index (χ3v) is 6.05. The number of amides is 2. The monoisotopic (exact) mass is 394 g/mol. The van der Waals surface area contributed by atoms with Gasteiger partial charge in [-0.1, -0.05) is 0 Å². The number of benzene rings is 1. The minimum absolute atomic E-state index is 0.0875. The fraction of sp³-hybridized carbons (Fsp3) is 0.579. The lowest BCUT2D eigenvalue weighted by Crippen LogP contribution is -2.51. The fourth-order valence-corrected chi connectivity index (χ4v) is 3.75. The van der Waals surface area contributed by atoms with Crippen LogP contribution >= 0.6 is 0 Å². The standard InChI is InChI=1S/C19H26N2O5S/c1-27(24,25)17-8-6-16(7-9-17)26-14-2-3-18(22)20-10-12-21(13-11-20)19(23)15-4-5-15/h6-9,15H,2-5,10-14H2,1H3. The Labute approximate surface area is 160 Å². The van der Waals surface area contributed by atoms with Crippen molar-refractivity contribution in [2.24, 2.45) is 5.92 Å². The van der Waals surface area contributed by atoms with Gasteiger partial charge in [0, 0.05) is 44.8 Å². The molecular weight excluding hydrogens is 368 g/mol. The highest BCUT2D eigenvalue weighted by Gasteiger charge is 2.35. The number of rotatable bonds is 7. The molecule has 1 aromatic rings. The van der Waals surface area contributed by atoms with Crippen molar-refractivity contribution in [2.75, 3.05) is 39.0 Å². The highest BCUT2D eigenvalue weighted by molar-refractivity contribution is 7.90. The first-order valence-electron chi connectivity index (χ1n) is 9.34. The molecule has 2 amide bonds. The Balaban J connectivity index is 1.34. The molecule has 0 radical (unpaired) electrons. The third-order valence-electron chi connectivity index (χ3n) is 4.93. The quantitative estimate of drug-likeness (QED) is 0.652. The van der Waals surface area contributed by atoms with Gasteiger partial charge >= 0.3 is 0 Å². The number of hydrogen-bond donors (Lipinski definition) is 0. The SMILES string of the molecule is CS(=O)(=O)c1ccc(OCCCC(=O)N2CCN(C(=O)C3CC3)CC2)cc1. The first-order chi connectivity index (χ1) is 12.8. The Morgan fingerprint density at radius 1 is 1.04 bits per heavy atom. The molecule has 27 heavy (non-hydrogen) atoms. The zero-order valence-corrected chi connectivity index (χ0v) is 16.4. The van der Waals surface area contributed by atoms with Gasteiger partial charge in [-0.3, -0.25) is 9.59 Å². The lowest BCUT2D eigenvalue weighted by molar-refractivity contribution is -0.140. The molecule has 1 saturated carbocycles. The number of ether oxygens (including phenoxy) is 1. The van der Waals surface area contributed by atoms with Crippen LogP contribution in [0.2, 0.25) is 0 Å². The molecule has 1 heterocycles. The van der Waals surface area contributed by atoms with Crippen molar-refractivity contribution in [3.8, 4) is 5.75 Å². The van der Waals surface area contributed by atoms with Gasteiger partial charge in [0.05, 0.1) is 11.5 Å². The maximum absolute atomic E-state index is 12.3. The van der Waals surface area contributed by atoms with E-state index in [2.05, 4.69) is 0 Å². The largest absolute Gasteiger partial charge is 0.494 e. The summed E-state index contributed by atoms with van der Waals surface area (Å²) in [6, 6.07) is 6.26. The van der Waals surface area contributed by atoms with E-state index in [9.17, 15) is 18.0 Å². The average molecular weight is 394 g/mol. The molecule has 0 N–H and O–H groups in total. The van der Waals surface area contributed by atoms with Gasteiger partial charge in [-0.2, -0.15) is 0 Å². The second-order valence-corrected chi connectivity index (χ2v) is 9.19. The fourth-order valence-electron chi connectivity index (χ4n) is 3.12. The topological polar surface area (TPSA) is 84.0 Å². The summed E-state index contributed by atoms with van der Waals surface area (Å²) in [4.78, 5) is 28.3. The minimum Gasteiger partial charge on any atom is -0.494 e. The summed E-state index contributed by atoms with van der Waals surface area (Å²) in [5.41, 5.74) is 0. The van der Waals surface area contributed by atoms with Gasteiger partial charge in [-0.05, 0) is 43.5 Å². The van der Waals surface area contributed by atoms with Crippen LogP contribution in [0.25, 0.3) is 0 Å². The molecule has 0 atom stereocenters. The van der Waals surface area contributed by atoms with Gasteiger partial charge in [0.2, 0.25) is 11.8 Å². The van der Waals surface area contributed by atoms with E-state index in [0.717, 1.165) is 19.1 Å². The Morgan fingerprint density at radius 3 is 2.19 bits per heavy atom. The van der Waals surface area contributed by atoms with Crippen LogP contribution in [0, 0.1) is 5.92 Å². The normalized spacial score (nSPS) is 17.7. The van der Waals surface area contributed by atoms with Crippen molar-refractivity contribution in [3.05, 3.63) is 24.3 Å². The summed E-state index contributed by atoms with van der Waals surface area (Å²) >= 11 is 0. The second-order valence-electron chi connectivity index (χ2n) is 7.18. The van der Waals surface area contributed by atoms with Crippen LogP contribution in [0.5, 0.6) is 5.75 Å². The van der Waals surface area contributed by atoms with Crippen LogP contribution in [-0.2, 0) is 19.4 Å². The molecule has 0 unspecified atom stereocenters. The second kappa shape index (κ2) is 8.29. The number of nitrogens with zero attached hydrogens (tertiary/aromatic N) is 2. The van der Waals surface area contributed by atoms with E-state index in [1.54, 1.807) is 12.1 Å². The first kappa shape index (κ1) is 19.7. The summed E-state index contributed by atoms with van der Waals surface area (Å²) in [6.07, 6.45) is 4.17. The molecular formula is C19H26N2O5S. The molecule has 1 saturated heterocycles. The summed E-state index contributed by atoms with van der Waals surface area (Å²) in [6.45, 7) is 2.86. The van der Waals surface area contributed by atoms with Crippen molar-refractivity contribution in [1.82, 2.24) is 9.80 Å². The molecule has 1 aliphatic carbocycles. The third kappa shape index (κ3) is 5.45. The molecule has 8 heteroatoms. The Hall–Kier alpha value is -2.09. The van der Waals surface area contributed by atoms with Crippen molar-refractivity contribution in [2.45, 2.75) is 30.6 Å². The molecule has 2 aliphatic rings. The van der Waals surface area contributed by atoms with E-state index in [4.69, 9.17) is 4.74 Å². The van der Waals surface area contributed by atoms with Crippen LogP contribution in [0.15, 0.2) is 29.2 Å². The Morgan fingerprint density at radius 2 is 1.63 bits per heavy atom. The smallest absolute Gasteiger partial charge is 0.225 e. The lowest BCUT2D eigenvalue weighted by atomic mass is 10.2. The van der Waals surface area contributed by atoms with Gasteiger partial charge in [-0.15, -0.1) is 0 Å². The van der Waals surface area contributed by atoms with E-state index in [0.29, 0.717) is 51.4 Å². The molecule has 7 nitrogen and oxygen atoms in total. The highest BCUT2D eigenvalue weighted by atomic mass is 32.2. The zero-order chi connectivity index (χ0) is 19.4. The Kier molecular flexibility index (Phi) is 6.04. The highest BCUT2D eigenvalue weighted by Crippen LogP contribution is 2.31. The molecule has 1 aromatic carbocycles. The number of carbonyl (C=O) groups excluding carboxylic acids is 2. The van der Waals surface area contributed by atoms with Gasteiger partial charge in [0.15, 0.2) is 9.84 Å². The number of piperazine rings is 1. The first-order valence-corrected chi connectivity index (χ1v) is 11.2. The summed E-state index contributed by atoms with van der Waals surface area (Å²) in [5.74, 6) is 1.15. The van der Waals surface area contributed by atoms with Crippen molar-refractivity contribution in [1.29, 1.82) is 0 Å². The summed E-state index contributed by atoms with van der Waals surface area (Å²) in [5, 5.41) is 0. The van der Waals surface area contributed by atoms with E-state index in [1.807, 2.05) is 9.80 Å². The summed E-state index contributed by atoms with van der Waals surface area (Å²) < 4.78 is 28.4. The van der Waals surface area contributed by atoms with Crippen LogP contribution in [0.3, 0.4) is 0 Å². The maximum Gasteiger partial charge on any atom is 0.225 e. The minimum atomic E-state index is -3.21. The average Bonchev–Trinajstić information content (AvgIpc) is 3.49. The number of sulfone groups is 1. The van der Waals surface area contributed by atoms with Gasteiger partial charge in [0.1, 0.15) is 5.75 Å². The van der Waals surface area contributed by atoms with Crippen molar-refractivity contribution < 1.29 is 22.7 Å². The van der Waals surface area contributed by atoms with Crippen molar-refractivity contribution >= 4 is 21.7 Å². The van der Waals surface area contributed by atoms with Crippen molar-refractivity contribution in [3.63, 3.8) is 0 Å². The van der Waals surface area contributed by atoms with Gasteiger partial charge < -0.3 is 14.5 Å². The zero-order valence-electron chi connectivity index (χ0n) is 15.6.